The Hall–Kier alpha value is -2.78. The first-order chi connectivity index (χ1) is 15.3. The molecule has 0 radical (unpaired) electrons. The fourth-order valence-electron chi connectivity index (χ4n) is 3.76. The molecule has 4 rings (SSSR count). The molecule has 2 heterocycles. The highest BCUT2D eigenvalue weighted by Crippen LogP contribution is 2.21. The summed E-state index contributed by atoms with van der Waals surface area (Å²) in [6.45, 7) is 7.45. The molecule has 3 aromatic rings. The van der Waals surface area contributed by atoms with Crippen LogP contribution in [-0.2, 0) is 22.1 Å². The van der Waals surface area contributed by atoms with Crippen LogP contribution in [0, 0.1) is 5.82 Å². The van der Waals surface area contributed by atoms with Crippen molar-refractivity contribution in [2.24, 2.45) is 0 Å². The SMILES string of the molecule is CC(C)S(=O)(=O)Cc1cccc(N2CCN(Cc3cn(-c4ccccc4F)nn3)CC2)c1. The van der Waals surface area contributed by atoms with Crippen molar-refractivity contribution in [2.75, 3.05) is 31.1 Å². The maximum Gasteiger partial charge on any atom is 0.156 e. The molecule has 0 N–H and O–H groups in total. The number of para-hydroxylation sites is 1. The Balaban J connectivity index is 1.35. The molecule has 1 fully saturated rings. The van der Waals surface area contributed by atoms with Crippen LogP contribution >= 0.6 is 0 Å². The molecule has 0 spiro atoms. The van der Waals surface area contributed by atoms with Crippen LogP contribution in [0.1, 0.15) is 25.1 Å². The predicted molar refractivity (Wildman–Crippen MR) is 123 cm³/mol. The van der Waals surface area contributed by atoms with Gasteiger partial charge in [-0.3, -0.25) is 4.90 Å². The van der Waals surface area contributed by atoms with Crippen LogP contribution in [-0.4, -0.2) is 59.7 Å². The van der Waals surface area contributed by atoms with Gasteiger partial charge in [0.05, 0.1) is 22.9 Å². The maximum absolute atomic E-state index is 14.0. The third kappa shape index (κ3) is 5.16. The van der Waals surface area contributed by atoms with Gasteiger partial charge in [-0.15, -0.1) is 5.10 Å². The normalized spacial score (nSPS) is 15.4. The van der Waals surface area contributed by atoms with Crippen molar-refractivity contribution in [3.05, 3.63) is 71.8 Å². The molecule has 9 heteroatoms. The van der Waals surface area contributed by atoms with Gasteiger partial charge in [-0.2, -0.15) is 0 Å². The van der Waals surface area contributed by atoms with Crippen LogP contribution in [0.4, 0.5) is 10.1 Å². The number of benzene rings is 2. The zero-order valence-electron chi connectivity index (χ0n) is 18.4. The first-order valence-electron chi connectivity index (χ1n) is 10.8. The molecule has 0 aliphatic carbocycles. The minimum absolute atomic E-state index is 0.0656. The van der Waals surface area contributed by atoms with Gasteiger partial charge in [-0.1, -0.05) is 29.5 Å². The van der Waals surface area contributed by atoms with Crippen molar-refractivity contribution in [2.45, 2.75) is 31.4 Å². The van der Waals surface area contributed by atoms with E-state index in [1.165, 1.54) is 10.7 Å². The van der Waals surface area contributed by atoms with E-state index >= 15 is 0 Å². The van der Waals surface area contributed by atoms with Gasteiger partial charge in [0.1, 0.15) is 11.5 Å². The lowest BCUT2D eigenvalue weighted by molar-refractivity contribution is 0.247. The highest BCUT2D eigenvalue weighted by molar-refractivity contribution is 7.91. The number of aromatic nitrogens is 3. The van der Waals surface area contributed by atoms with Crippen LogP contribution in [0.3, 0.4) is 0 Å². The standard InChI is InChI=1S/C23H28FN5O2S/c1-18(2)32(30,31)17-19-6-5-7-21(14-19)28-12-10-27(11-13-28)15-20-16-29(26-25-20)23-9-4-3-8-22(23)24/h3-9,14,16,18H,10-13,15,17H2,1-2H3. The number of nitrogens with zero attached hydrogens (tertiary/aromatic N) is 5. The molecule has 0 atom stereocenters. The summed E-state index contributed by atoms with van der Waals surface area (Å²) in [6.07, 6.45) is 1.77. The molecule has 0 bridgehead atoms. The first-order valence-corrected chi connectivity index (χ1v) is 12.5. The minimum atomic E-state index is -3.13. The monoisotopic (exact) mass is 457 g/mol. The van der Waals surface area contributed by atoms with E-state index in [1.54, 1.807) is 38.2 Å². The fourth-order valence-corrected chi connectivity index (χ4v) is 4.74. The first kappa shape index (κ1) is 22.4. The Kier molecular flexibility index (Phi) is 6.57. The van der Waals surface area contributed by atoms with E-state index in [0.29, 0.717) is 12.2 Å². The average molecular weight is 458 g/mol. The second-order valence-electron chi connectivity index (χ2n) is 8.39. The molecule has 32 heavy (non-hydrogen) atoms. The highest BCUT2D eigenvalue weighted by Gasteiger charge is 2.21. The fraction of sp³-hybridized carbons (Fsp3) is 0.391. The molecule has 0 unspecified atom stereocenters. The summed E-state index contributed by atoms with van der Waals surface area (Å²) in [4.78, 5) is 4.57. The summed E-state index contributed by atoms with van der Waals surface area (Å²) >= 11 is 0. The Labute approximate surface area is 188 Å². The van der Waals surface area contributed by atoms with Gasteiger partial charge in [0.2, 0.25) is 0 Å². The van der Waals surface area contributed by atoms with Gasteiger partial charge in [-0.05, 0) is 43.7 Å². The Morgan fingerprint density at radius 1 is 1.03 bits per heavy atom. The third-order valence-corrected chi connectivity index (χ3v) is 7.93. The summed E-state index contributed by atoms with van der Waals surface area (Å²) < 4.78 is 40.0. The minimum Gasteiger partial charge on any atom is -0.369 e. The second-order valence-corrected chi connectivity index (χ2v) is 11.0. The lowest BCUT2D eigenvalue weighted by Crippen LogP contribution is -2.46. The van der Waals surface area contributed by atoms with Crippen LogP contribution < -0.4 is 4.90 Å². The van der Waals surface area contributed by atoms with Crippen molar-refractivity contribution >= 4 is 15.5 Å². The van der Waals surface area contributed by atoms with Gasteiger partial charge in [0.25, 0.3) is 0 Å². The van der Waals surface area contributed by atoms with Crippen LogP contribution in [0.15, 0.2) is 54.7 Å². The highest BCUT2D eigenvalue weighted by atomic mass is 32.2. The van der Waals surface area contributed by atoms with Gasteiger partial charge in [-0.25, -0.2) is 17.5 Å². The van der Waals surface area contributed by atoms with Gasteiger partial charge in [0, 0.05) is 38.4 Å². The predicted octanol–water partition coefficient (Wildman–Crippen LogP) is 3.05. The molecular weight excluding hydrogens is 429 g/mol. The number of hydrogen-bond donors (Lipinski definition) is 0. The zero-order chi connectivity index (χ0) is 22.7. The molecule has 0 amide bonds. The number of anilines is 1. The third-order valence-electron chi connectivity index (χ3n) is 5.76. The van der Waals surface area contributed by atoms with Crippen molar-refractivity contribution in [1.29, 1.82) is 0 Å². The molecule has 2 aromatic carbocycles. The van der Waals surface area contributed by atoms with E-state index in [-0.39, 0.29) is 16.8 Å². The van der Waals surface area contributed by atoms with E-state index in [9.17, 15) is 12.8 Å². The lowest BCUT2D eigenvalue weighted by atomic mass is 10.2. The van der Waals surface area contributed by atoms with Crippen molar-refractivity contribution in [3.8, 4) is 5.69 Å². The summed E-state index contributed by atoms with van der Waals surface area (Å²) in [5.74, 6) is -0.267. The van der Waals surface area contributed by atoms with Crippen LogP contribution in [0.25, 0.3) is 5.69 Å². The smallest absolute Gasteiger partial charge is 0.156 e. The molecule has 0 saturated carbocycles. The Morgan fingerprint density at radius 2 is 1.78 bits per heavy atom. The van der Waals surface area contributed by atoms with Gasteiger partial charge < -0.3 is 4.90 Å². The summed E-state index contributed by atoms with van der Waals surface area (Å²) in [6, 6.07) is 14.3. The number of hydrogen-bond acceptors (Lipinski definition) is 6. The van der Waals surface area contributed by atoms with E-state index in [1.807, 2.05) is 24.3 Å². The Morgan fingerprint density at radius 3 is 2.50 bits per heavy atom. The van der Waals surface area contributed by atoms with Crippen LogP contribution in [0.5, 0.6) is 0 Å². The lowest BCUT2D eigenvalue weighted by Gasteiger charge is -2.35. The quantitative estimate of drug-likeness (QED) is 0.543. The second kappa shape index (κ2) is 9.38. The van der Waals surface area contributed by atoms with Crippen LogP contribution in [0.2, 0.25) is 0 Å². The van der Waals surface area contributed by atoms with E-state index in [0.717, 1.165) is 43.1 Å². The molecule has 7 nitrogen and oxygen atoms in total. The summed E-state index contributed by atoms with van der Waals surface area (Å²) in [5.41, 5.74) is 3.05. The van der Waals surface area contributed by atoms with Gasteiger partial charge >= 0.3 is 0 Å². The summed E-state index contributed by atoms with van der Waals surface area (Å²) in [5, 5.41) is 7.88. The maximum atomic E-state index is 14.0. The van der Waals surface area contributed by atoms with E-state index in [2.05, 4.69) is 20.1 Å². The van der Waals surface area contributed by atoms with Crippen molar-refractivity contribution in [3.63, 3.8) is 0 Å². The number of halogens is 1. The Bertz CT molecular complexity index is 1170. The molecular formula is C23H28FN5O2S. The summed E-state index contributed by atoms with van der Waals surface area (Å²) in [7, 11) is -3.13. The number of rotatable bonds is 7. The van der Waals surface area contributed by atoms with E-state index in [4.69, 9.17) is 0 Å². The van der Waals surface area contributed by atoms with Gasteiger partial charge in [0.15, 0.2) is 9.84 Å². The largest absolute Gasteiger partial charge is 0.369 e. The molecule has 1 saturated heterocycles. The molecule has 1 aliphatic rings. The molecule has 1 aliphatic heterocycles. The van der Waals surface area contributed by atoms with Crippen molar-refractivity contribution in [1.82, 2.24) is 19.9 Å². The number of piperazine rings is 1. The zero-order valence-corrected chi connectivity index (χ0v) is 19.2. The number of sulfone groups is 1. The topological polar surface area (TPSA) is 71.3 Å². The van der Waals surface area contributed by atoms with Crippen molar-refractivity contribution < 1.29 is 12.8 Å². The molecule has 170 valence electrons. The average Bonchev–Trinajstić information content (AvgIpc) is 3.22. The molecule has 1 aromatic heterocycles. The van der Waals surface area contributed by atoms with E-state index < -0.39 is 9.84 Å².